The molecule has 4 rings (SSSR count). The van der Waals surface area contributed by atoms with E-state index < -0.39 is 0 Å². The molecule has 3 heterocycles. The van der Waals surface area contributed by atoms with Crippen LogP contribution in [0.25, 0.3) is 23.2 Å². The topological polar surface area (TPSA) is 51.3 Å². The Morgan fingerprint density at radius 1 is 1.23 bits per heavy atom. The molecule has 0 N–H and O–H groups in total. The van der Waals surface area contributed by atoms with Gasteiger partial charge in [-0.25, -0.2) is 4.68 Å². The van der Waals surface area contributed by atoms with Crippen LogP contribution in [0, 0.1) is 0 Å². The quantitative estimate of drug-likeness (QED) is 0.497. The maximum absolute atomic E-state index is 12.5. The maximum atomic E-state index is 12.5. The molecule has 0 radical (unpaired) electrons. The Bertz CT molecular complexity index is 991. The van der Waals surface area contributed by atoms with Gasteiger partial charge in [0.05, 0.1) is 16.9 Å². The van der Waals surface area contributed by atoms with Crippen LogP contribution in [0.2, 0.25) is 0 Å². The first kappa shape index (κ1) is 16.8. The van der Waals surface area contributed by atoms with Crippen molar-refractivity contribution in [3.8, 4) is 17.1 Å². The van der Waals surface area contributed by atoms with E-state index in [-0.39, 0.29) is 5.91 Å². The number of hydrogen-bond donors (Lipinski definition) is 0. The Hall–Kier alpha value is -2.64. The van der Waals surface area contributed by atoms with Crippen LogP contribution in [-0.4, -0.2) is 31.5 Å². The molecule has 1 aliphatic heterocycles. The van der Waals surface area contributed by atoms with Gasteiger partial charge in [0.15, 0.2) is 5.76 Å². The lowest BCUT2D eigenvalue weighted by atomic mass is 10.2. The second kappa shape index (κ2) is 6.93. The number of benzene rings is 1. The van der Waals surface area contributed by atoms with Crippen molar-refractivity contribution in [2.45, 2.75) is 6.92 Å². The zero-order valence-corrected chi connectivity index (χ0v) is 15.6. The van der Waals surface area contributed by atoms with Crippen molar-refractivity contribution >= 4 is 40.3 Å². The van der Waals surface area contributed by atoms with Gasteiger partial charge in [0, 0.05) is 18.3 Å². The first-order valence-electron chi connectivity index (χ1n) is 8.11. The van der Waals surface area contributed by atoms with Crippen LogP contribution >= 0.6 is 24.0 Å². The van der Waals surface area contributed by atoms with Crippen LogP contribution in [0.1, 0.15) is 12.5 Å². The average molecular weight is 381 g/mol. The summed E-state index contributed by atoms with van der Waals surface area (Å²) >= 11 is 6.61. The summed E-state index contributed by atoms with van der Waals surface area (Å²) in [4.78, 5) is 14.7. The predicted octanol–water partition coefficient (Wildman–Crippen LogP) is 4.35. The number of amides is 1. The van der Waals surface area contributed by atoms with Crippen molar-refractivity contribution in [3.63, 3.8) is 0 Å². The standard InChI is InChI=1S/C19H15N3O2S2/c1-2-21-18(23)16(26-19(21)25)11-13-12-22(14-7-4-3-5-8-14)20-17(13)15-9-6-10-24-15/h3-12H,2H2,1H3/b16-11-. The highest BCUT2D eigenvalue weighted by Gasteiger charge is 2.31. The number of para-hydroxylation sites is 1. The highest BCUT2D eigenvalue weighted by Crippen LogP contribution is 2.34. The molecule has 0 unspecified atom stereocenters. The molecule has 0 atom stereocenters. The number of thiocarbonyl (C=S) groups is 1. The summed E-state index contributed by atoms with van der Waals surface area (Å²) < 4.78 is 7.90. The number of aromatic nitrogens is 2. The number of furan rings is 1. The van der Waals surface area contributed by atoms with Gasteiger partial charge in [-0.15, -0.1) is 0 Å². The molecule has 1 fully saturated rings. The SMILES string of the molecule is CCN1C(=O)/C(=C/c2cn(-c3ccccc3)nc2-c2ccco2)SC1=S. The van der Waals surface area contributed by atoms with E-state index in [1.54, 1.807) is 15.8 Å². The van der Waals surface area contributed by atoms with Crippen LogP contribution in [0.4, 0.5) is 0 Å². The first-order chi connectivity index (χ1) is 12.7. The molecule has 7 heteroatoms. The number of hydrogen-bond acceptors (Lipinski definition) is 5. The van der Waals surface area contributed by atoms with Gasteiger partial charge in [-0.1, -0.05) is 42.2 Å². The lowest BCUT2D eigenvalue weighted by Gasteiger charge is -2.09. The third-order valence-electron chi connectivity index (χ3n) is 3.99. The fourth-order valence-electron chi connectivity index (χ4n) is 2.72. The van der Waals surface area contributed by atoms with Gasteiger partial charge in [-0.3, -0.25) is 9.69 Å². The summed E-state index contributed by atoms with van der Waals surface area (Å²) in [5.41, 5.74) is 2.42. The minimum Gasteiger partial charge on any atom is -0.463 e. The molecule has 2 aromatic heterocycles. The summed E-state index contributed by atoms with van der Waals surface area (Å²) in [5.74, 6) is 0.581. The van der Waals surface area contributed by atoms with Crippen LogP contribution in [-0.2, 0) is 4.79 Å². The Balaban J connectivity index is 1.80. The highest BCUT2D eigenvalue weighted by molar-refractivity contribution is 8.26. The largest absolute Gasteiger partial charge is 0.463 e. The Kier molecular flexibility index (Phi) is 4.48. The average Bonchev–Trinajstić information content (AvgIpc) is 3.36. The second-order valence-electron chi connectivity index (χ2n) is 5.62. The van der Waals surface area contributed by atoms with E-state index in [2.05, 4.69) is 5.10 Å². The summed E-state index contributed by atoms with van der Waals surface area (Å²) in [6, 6.07) is 13.5. The molecule has 1 amide bonds. The molecule has 1 aliphatic rings. The number of nitrogens with zero attached hydrogens (tertiary/aromatic N) is 3. The van der Waals surface area contributed by atoms with Gasteiger partial charge in [0.25, 0.3) is 5.91 Å². The third kappa shape index (κ3) is 3.00. The number of likely N-dealkylation sites (N-methyl/N-ethyl adjacent to an activating group) is 1. The lowest BCUT2D eigenvalue weighted by molar-refractivity contribution is -0.121. The van der Waals surface area contributed by atoms with E-state index in [0.717, 1.165) is 11.3 Å². The molecular formula is C19H15N3O2S2. The predicted molar refractivity (Wildman–Crippen MR) is 107 cm³/mol. The van der Waals surface area contributed by atoms with E-state index in [0.29, 0.717) is 27.2 Å². The molecule has 130 valence electrons. The summed E-state index contributed by atoms with van der Waals surface area (Å²) in [6.45, 7) is 2.48. The number of carbonyl (C=O) groups is 1. The summed E-state index contributed by atoms with van der Waals surface area (Å²) in [7, 11) is 0. The van der Waals surface area contributed by atoms with E-state index in [1.165, 1.54) is 11.8 Å². The Labute approximate surface area is 160 Å². The van der Waals surface area contributed by atoms with Crippen LogP contribution in [0.5, 0.6) is 0 Å². The molecule has 0 bridgehead atoms. The zero-order chi connectivity index (χ0) is 18.1. The van der Waals surface area contributed by atoms with Gasteiger partial charge >= 0.3 is 0 Å². The minimum absolute atomic E-state index is 0.0691. The van der Waals surface area contributed by atoms with E-state index >= 15 is 0 Å². The van der Waals surface area contributed by atoms with Crippen molar-refractivity contribution in [3.05, 3.63) is 65.4 Å². The fourth-order valence-corrected chi connectivity index (χ4v) is 4.10. The van der Waals surface area contributed by atoms with Crippen molar-refractivity contribution < 1.29 is 9.21 Å². The van der Waals surface area contributed by atoms with E-state index in [9.17, 15) is 4.79 Å². The number of rotatable bonds is 4. The van der Waals surface area contributed by atoms with Gasteiger partial charge in [-0.2, -0.15) is 5.10 Å². The molecule has 26 heavy (non-hydrogen) atoms. The van der Waals surface area contributed by atoms with Crippen molar-refractivity contribution in [1.29, 1.82) is 0 Å². The van der Waals surface area contributed by atoms with E-state index in [4.69, 9.17) is 16.6 Å². The molecule has 5 nitrogen and oxygen atoms in total. The van der Waals surface area contributed by atoms with Gasteiger partial charge in [0.1, 0.15) is 10.0 Å². The number of carbonyl (C=O) groups excluding carboxylic acids is 1. The van der Waals surface area contributed by atoms with E-state index in [1.807, 2.05) is 61.7 Å². The van der Waals surface area contributed by atoms with Crippen molar-refractivity contribution in [1.82, 2.24) is 14.7 Å². The van der Waals surface area contributed by atoms with Crippen LogP contribution in [0.15, 0.2) is 64.2 Å². The summed E-state index contributed by atoms with van der Waals surface area (Å²) in [5, 5.41) is 4.66. The summed E-state index contributed by atoms with van der Waals surface area (Å²) in [6.07, 6.45) is 5.34. The lowest BCUT2D eigenvalue weighted by Crippen LogP contribution is -2.27. The van der Waals surface area contributed by atoms with Crippen LogP contribution < -0.4 is 0 Å². The van der Waals surface area contributed by atoms with Crippen LogP contribution in [0.3, 0.4) is 0 Å². The third-order valence-corrected chi connectivity index (χ3v) is 5.37. The fraction of sp³-hybridized carbons (Fsp3) is 0.105. The van der Waals surface area contributed by atoms with Gasteiger partial charge in [0.2, 0.25) is 0 Å². The normalized spacial score (nSPS) is 16.0. The number of thioether (sulfide) groups is 1. The Morgan fingerprint density at radius 2 is 2.04 bits per heavy atom. The van der Waals surface area contributed by atoms with Crippen molar-refractivity contribution in [2.24, 2.45) is 0 Å². The second-order valence-corrected chi connectivity index (χ2v) is 7.29. The first-order valence-corrected chi connectivity index (χ1v) is 9.34. The molecule has 0 saturated carbocycles. The maximum Gasteiger partial charge on any atom is 0.266 e. The van der Waals surface area contributed by atoms with Gasteiger partial charge < -0.3 is 4.42 Å². The smallest absolute Gasteiger partial charge is 0.266 e. The monoisotopic (exact) mass is 381 g/mol. The molecular weight excluding hydrogens is 366 g/mol. The molecule has 1 saturated heterocycles. The molecule has 0 aliphatic carbocycles. The molecule has 3 aromatic rings. The van der Waals surface area contributed by atoms with Gasteiger partial charge in [-0.05, 0) is 37.3 Å². The Morgan fingerprint density at radius 3 is 2.69 bits per heavy atom. The zero-order valence-electron chi connectivity index (χ0n) is 14.0. The molecule has 1 aromatic carbocycles. The highest BCUT2D eigenvalue weighted by atomic mass is 32.2. The minimum atomic E-state index is -0.0691. The van der Waals surface area contributed by atoms with Crippen molar-refractivity contribution in [2.75, 3.05) is 6.54 Å². The molecule has 0 spiro atoms.